The molecule has 0 unspecified atom stereocenters. The Labute approximate surface area is 145 Å². The van der Waals surface area contributed by atoms with Gasteiger partial charge >= 0.3 is 0 Å². The molecule has 0 radical (unpaired) electrons. The second kappa shape index (κ2) is 8.73. The van der Waals surface area contributed by atoms with Gasteiger partial charge in [-0.25, -0.2) is 9.82 Å². The third kappa shape index (κ3) is 6.18. The first-order valence-corrected chi connectivity index (χ1v) is 7.89. The van der Waals surface area contributed by atoms with E-state index in [0.29, 0.717) is 17.0 Å². The van der Waals surface area contributed by atoms with E-state index in [9.17, 15) is 14.0 Å². The van der Waals surface area contributed by atoms with Crippen LogP contribution < -0.4 is 10.7 Å². The first-order valence-electron chi connectivity index (χ1n) is 7.89. The minimum absolute atomic E-state index is 0.0256. The van der Waals surface area contributed by atoms with Crippen LogP contribution >= 0.6 is 0 Å². The Balaban J connectivity index is 1.79. The Morgan fingerprint density at radius 1 is 1.04 bits per heavy atom. The highest BCUT2D eigenvalue weighted by molar-refractivity contribution is 5.99. The van der Waals surface area contributed by atoms with Crippen molar-refractivity contribution in [1.29, 1.82) is 0 Å². The van der Waals surface area contributed by atoms with E-state index in [2.05, 4.69) is 15.8 Å². The average Bonchev–Trinajstić information content (AvgIpc) is 2.58. The Bertz CT molecular complexity index is 786. The van der Waals surface area contributed by atoms with E-state index in [4.69, 9.17) is 0 Å². The molecule has 0 spiro atoms. The molecule has 0 aliphatic rings. The molecule has 0 aliphatic carbocycles. The number of nitrogens with one attached hydrogen (secondary N) is 2. The van der Waals surface area contributed by atoms with Crippen LogP contribution in [0.3, 0.4) is 0 Å². The van der Waals surface area contributed by atoms with Crippen molar-refractivity contribution in [2.45, 2.75) is 26.7 Å². The van der Waals surface area contributed by atoms with Crippen LogP contribution in [0.2, 0.25) is 0 Å². The molecular formula is C19H20FN3O2. The van der Waals surface area contributed by atoms with E-state index in [0.717, 1.165) is 5.56 Å². The maximum Gasteiger partial charge on any atom is 0.240 e. The monoisotopic (exact) mass is 341 g/mol. The van der Waals surface area contributed by atoms with Gasteiger partial charge in [0.05, 0.1) is 5.71 Å². The number of nitrogens with zero attached hydrogens (tertiary/aromatic N) is 1. The van der Waals surface area contributed by atoms with E-state index in [1.165, 1.54) is 12.1 Å². The quantitative estimate of drug-likeness (QED) is 0.624. The predicted molar refractivity (Wildman–Crippen MR) is 95.8 cm³/mol. The highest BCUT2D eigenvalue weighted by Gasteiger charge is 2.07. The fraction of sp³-hybridized carbons (Fsp3) is 0.211. The molecule has 2 amide bonds. The summed E-state index contributed by atoms with van der Waals surface area (Å²) in [4.78, 5) is 23.6. The van der Waals surface area contributed by atoms with Gasteiger partial charge in [0, 0.05) is 18.5 Å². The number of hydrogen-bond donors (Lipinski definition) is 2. The molecule has 0 saturated carbocycles. The zero-order chi connectivity index (χ0) is 18.2. The number of carbonyl (C=O) groups is 2. The molecule has 25 heavy (non-hydrogen) atoms. The Kier molecular flexibility index (Phi) is 6.39. The number of anilines is 1. The molecule has 2 aromatic rings. The highest BCUT2D eigenvalue weighted by atomic mass is 19.1. The molecule has 0 atom stereocenters. The second-order valence-electron chi connectivity index (χ2n) is 5.66. The first kappa shape index (κ1) is 18.3. The van der Waals surface area contributed by atoms with Crippen molar-refractivity contribution in [3.63, 3.8) is 0 Å². The number of aryl methyl sites for hydroxylation is 1. The summed E-state index contributed by atoms with van der Waals surface area (Å²) < 4.78 is 12.9. The molecule has 0 aliphatic heterocycles. The van der Waals surface area contributed by atoms with E-state index >= 15 is 0 Å². The Morgan fingerprint density at radius 2 is 1.72 bits per heavy atom. The molecule has 0 fully saturated rings. The molecule has 0 heterocycles. The summed E-state index contributed by atoms with van der Waals surface area (Å²) in [5.41, 5.74) is 5.41. The van der Waals surface area contributed by atoms with E-state index < -0.39 is 0 Å². The summed E-state index contributed by atoms with van der Waals surface area (Å²) in [6.07, 6.45) is 0.0860. The lowest BCUT2D eigenvalue weighted by molar-refractivity contribution is -0.124. The van der Waals surface area contributed by atoms with E-state index in [1.807, 2.05) is 25.1 Å². The van der Waals surface area contributed by atoms with E-state index in [1.54, 1.807) is 25.1 Å². The summed E-state index contributed by atoms with van der Waals surface area (Å²) in [5.74, 6) is -0.930. The zero-order valence-corrected chi connectivity index (χ0v) is 14.2. The summed E-state index contributed by atoms with van der Waals surface area (Å²) in [6.45, 7) is 3.64. The number of hydrogen-bond acceptors (Lipinski definition) is 3. The Hall–Kier alpha value is -3.02. The van der Waals surface area contributed by atoms with Gasteiger partial charge in [-0.2, -0.15) is 5.10 Å². The van der Waals surface area contributed by atoms with Crippen molar-refractivity contribution in [3.05, 3.63) is 65.5 Å². The van der Waals surface area contributed by atoms with Crippen LogP contribution in [0, 0.1) is 12.7 Å². The van der Waals surface area contributed by atoms with Crippen molar-refractivity contribution in [2.75, 3.05) is 5.32 Å². The zero-order valence-electron chi connectivity index (χ0n) is 14.2. The van der Waals surface area contributed by atoms with Gasteiger partial charge in [0.25, 0.3) is 0 Å². The molecule has 0 aromatic heterocycles. The van der Waals surface area contributed by atoms with Crippen LogP contribution in [0.25, 0.3) is 0 Å². The van der Waals surface area contributed by atoms with Crippen molar-refractivity contribution in [1.82, 2.24) is 5.43 Å². The van der Waals surface area contributed by atoms with Crippen LogP contribution in [0.15, 0.2) is 53.6 Å². The molecule has 0 saturated heterocycles. The van der Waals surface area contributed by atoms with Crippen LogP contribution in [-0.2, 0) is 9.59 Å². The molecule has 0 bridgehead atoms. The minimum atomic E-state index is -0.360. The lowest BCUT2D eigenvalue weighted by atomic mass is 10.1. The van der Waals surface area contributed by atoms with Crippen LogP contribution in [0.1, 0.15) is 30.9 Å². The molecule has 2 rings (SSSR count). The van der Waals surface area contributed by atoms with Gasteiger partial charge in [-0.3, -0.25) is 9.59 Å². The van der Waals surface area contributed by atoms with Crippen molar-refractivity contribution < 1.29 is 14.0 Å². The minimum Gasteiger partial charge on any atom is -0.326 e. The third-order valence-corrected chi connectivity index (χ3v) is 3.49. The number of benzene rings is 2. The second-order valence-corrected chi connectivity index (χ2v) is 5.66. The standard InChI is InChI=1S/C19H20FN3O2/c1-13-4-3-5-17(12-13)21-18(24)10-11-19(25)23-22-14(2)15-6-8-16(20)9-7-15/h3-9,12H,10-11H2,1-2H3,(H,21,24)(H,23,25). The fourth-order valence-corrected chi connectivity index (χ4v) is 2.13. The summed E-state index contributed by atoms with van der Waals surface area (Å²) in [5, 5.41) is 6.70. The summed E-state index contributed by atoms with van der Waals surface area (Å²) >= 11 is 0. The molecule has 2 N–H and O–H groups in total. The third-order valence-electron chi connectivity index (χ3n) is 3.49. The number of amides is 2. The van der Waals surface area contributed by atoms with Crippen molar-refractivity contribution in [3.8, 4) is 0 Å². The van der Waals surface area contributed by atoms with Crippen molar-refractivity contribution in [2.24, 2.45) is 5.10 Å². The van der Waals surface area contributed by atoms with Gasteiger partial charge in [-0.1, -0.05) is 24.3 Å². The molecule has 5 nitrogen and oxygen atoms in total. The summed E-state index contributed by atoms with van der Waals surface area (Å²) in [7, 11) is 0. The molecule has 130 valence electrons. The number of halogens is 1. The van der Waals surface area contributed by atoms with Crippen LogP contribution in [0.4, 0.5) is 10.1 Å². The van der Waals surface area contributed by atoms with Gasteiger partial charge < -0.3 is 5.32 Å². The topological polar surface area (TPSA) is 70.6 Å². The smallest absolute Gasteiger partial charge is 0.240 e. The van der Waals surface area contributed by atoms with Crippen LogP contribution in [0.5, 0.6) is 0 Å². The van der Waals surface area contributed by atoms with Gasteiger partial charge in [0.1, 0.15) is 5.82 Å². The normalized spacial score (nSPS) is 11.1. The van der Waals surface area contributed by atoms with Gasteiger partial charge in [0.15, 0.2) is 0 Å². The number of hydrazone groups is 1. The van der Waals surface area contributed by atoms with Gasteiger partial charge in [-0.15, -0.1) is 0 Å². The molecule has 2 aromatic carbocycles. The lowest BCUT2D eigenvalue weighted by Gasteiger charge is -2.06. The van der Waals surface area contributed by atoms with Crippen LogP contribution in [-0.4, -0.2) is 17.5 Å². The first-order chi connectivity index (χ1) is 11.9. The number of rotatable bonds is 6. The SMILES string of the molecule is CC(=NNC(=O)CCC(=O)Nc1cccc(C)c1)c1ccc(F)cc1. The fourth-order valence-electron chi connectivity index (χ4n) is 2.13. The maximum atomic E-state index is 12.9. The lowest BCUT2D eigenvalue weighted by Crippen LogP contribution is -2.21. The van der Waals surface area contributed by atoms with Gasteiger partial charge in [0.2, 0.25) is 11.8 Å². The average molecular weight is 341 g/mol. The molecule has 6 heteroatoms. The van der Waals surface area contributed by atoms with E-state index in [-0.39, 0.29) is 30.5 Å². The predicted octanol–water partition coefficient (Wildman–Crippen LogP) is 3.39. The van der Waals surface area contributed by atoms with Gasteiger partial charge in [-0.05, 0) is 49.2 Å². The Morgan fingerprint density at radius 3 is 2.40 bits per heavy atom. The molecular weight excluding hydrogens is 321 g/mol. The summed E-state index contributed by atoms with van der Waals surface area (Å²) in [6, 6.07) is 13.2. The van der Waals surface area contributed by atoms with Crippen molar-refractivity contribution >= 4 is 23.2 Å². The highest BCUT2D eigenvalue weighted by Crippen LogP contribution is 2.10. The number of carbonyl (C=O) groups excluding carboxylic acids is 2. The largest absolute Gasteiger partial charge is 0.326 e. The maximum absolute atomic E-state index is 12.9.